The van der Waals surface area contributed by atoms with Gasteiger partial charge in [0.15, 0.2) is 0 Å². The van der Waals surface area contributed by atoms with Gasteiger partial charge in [-0.1, -0.05) is 18.4 Å². The maximum absolute atomic E-state index is 10.0. The van der Waals surface area contributed by atoms with Crippen LogP contribution < -0.4 is 56.5 Å². The molecule has 42 valence electrons. The summed E-state index contributed by atoms with van der Waals surface area (Å²) in [4.78, 5) is 0. The normalized spacial score (nSPS) is 7.62. The second-order valence-corrected chi connectivity index (χ2v) is 1.93. The second kappa shape index (κ2) is 8.53. The summed E-state index contributed by atoms with van der Waals surface area (Å²) in [5.74, 6) is 0. The molecule has 0 spiro atoms. The maximum atomic E-state index is 10.0. The van der Waals surface area contributed by atoms with Crippen molar-refractivity contribution in [2.24, 2.45) is 0 Å². The van der Waals surface area contributed by atoms with Gasteiger partial charge in [-0.2, -0.15) is 0 Å². The molecule has 0 unspecified atom stereocenters. The molecule has 0 aliphatic rings. The van der Waals surface area contributed by atoms with E-state index in [4.69, 9.17) is 0 Å². The quantitative estimate of drug-likeness (QED) is 0.344. The number of hydrogen-bond donors (Lipinski definition) is 0. The van der Waals surface area contributed by atoms with Gasteiger partial charge in [-0.15, -0.1) is 12.2 Å². The van der Waals surface area contributed by atoms with Crippen LogP contribution in [-0.2, 0) is 0 Å². The van der Waals surface area contributed by atoms with Crippen LogP contribution in [0.3, 0.4) is 0 Å². The summed E-state index contributed by atoms with van der Waals surface area (Å²) in [5, 5.41) is 9.91. The van der Waals surface area contributed by atoms with Crippen molar-refractivity contribution in [2.75, 3.05) is 0 Å². The molecule has 0 aromatic rings. The van der Waals surface area contributed by atoms with E-state index in [9.17, 15) is 5.11 Å². The van der Waals surface area contributed by atoms with Crippen LogP contribution in [0.15, 0.2) is 0 Å². The number of rotatable bonds is 3. The molecule has 3 heteroatoms. The van der Waals surface area contributed by atoms with E-state index in [-0.39, 0.29) is 56.4 Å². The average molecular weight is 156 g/mol. The van der Waals surface area contributed by atoms with Crippen LogP contribution in [0.4, 0.5) is 0 Å². The monoisotopic (exact) mass is 156 g/mol. The Morgan fingerprint density at radius 2 is 2.12 bits per heavy atom. The van der Waals surface area contributed by atoms with Crippen LogP contribution in [0, 0.1) is 0 Å². The van der Waals surface area contributed by atoms with E-state index in [1.54, 1.807) is 0 Å². The molecule has 0 amide bonds. The Labute approximate surface area is 98.3 Å². The van der Waals surface area contributed by atoms with Gasteiger partial charge in [0.05, 0.1) is 0 Å². The third kappa shape index (κ3) is 10.5. The summed E-state index contributed by atoms with van der Waals surface area (Å²) in [6, 6.07) is 0. The van der Waals surface area contributed by atoms with Crippen molar-refractivity contribution in [1.82, 2.24) is 0 Å². The van der Waals surface area contributed by atoms with Crippen LogP contribution in [0.1, 0.15) is 26.2 Å². The number of hydrogen-bond acceptors (Lipinski definition) is 2. The van der Waals surface area contributed by atoms with E-state index in [1.807, 2.05) is 6.92 Å². The first-order valence-electron chi connectivity index (χ1n) is 2.47. The van der Waals surface area contributed by atoms with E-state index < -0.39 is 0 Å². The first kappa shape index (κ1) is 12.2. The summed E-state index contributed by atoms with van der Waals surface area (Å²) in [6.45, 7) is 2.04. The largest absolute Gasteiger partial charge is 1.00 e. The van der Waals surface area contributed by atoms with E-state index in [0.29, 0.717) is 6.42 Å². The number of thiocarbonyl (C=S) groups is 1. The Morgan fingerprint density at radius 1 is 1.62 bits per heavy atom. The fourth-order valence-electron chi connectivity index (χ4n) is 0.321. The van der Waals surface area contributed by atoms with Gasteiger partial charge in [0.25, 0.3) is 0 Å². The molecule has 0 saturated carbocycles. The zero-order valence-corrected chi connectivity index (χ0v) is 9.38. The molecule has 0 radical (unpaired) electrons. The second-order valence-electron chi connectivity index (χ2n) is 1.48. The first-order chi connectivity index (χ1) is 3.27. The van der Waals surface area contributed by atoms with Crippen molar-refractivity contribution in [3.05, 3.63) is 0 Å². The predicted molar refractivity (Wildman–Crippen MR) is 32.1 cm³/mol. The number of unbranched alkanes of at least 4 members (excludes halogenated alkanes) is 1. The minimum absolute atomic E-state index is 0. The van der Waals surface area contributed by atoms with Crippen molar-refractivity contribution in [3.63, 3.8) is 0 Å². The van der Waals surface area contributed by atoms with E-state index in [1.165, 1.54) is 0 Å². The van der Waals surface area contributed by atoms with Crippen LogP contribution >= 0.6 is 12.2 Å². The zero-order chi connectivity index (χ0) is 5.70. The summed E-state index contributed by atoms with van der Waals surface area (Å²) >= 11 is 4.31. The smallest absolute Gasteiger partial charge is 0.867 e. The molecule has 0 atom stereocenters. The minimum Gasteiger partial charge on any atom is -0.867 e. The van der Waals surface area contributed by atoms with Crippen molar-refractivity contribution in [2.45, 2.75) is 26.2 Å². The van der Waals surface area contributed by atoms with Crippen LogP contribution in [-0.4, -0.2) is 5.05 Å². The Hall–Kier alpha value is 1.53. The third-order valence-corrected chi connectivity index (χ3v) is 0.939. The molecule has 0 rings (SSSR count). The average Bonchev–Trinajstić information content (AvgIpc) is 1.61. The molecule has 0 aromatic carbocycles. The molecular weight excluding hydrogens is 147 g/mol. The van der Waals surface area contributed by atoms with Gasteiger partial charge in [0, 0.05) is 0 Å². The Bertz CT molecular complexity index is 65.4. The molecular formula is C5H9KOS. The molecule has 0 aliphatic heterocycles. The van der Waals surface area contributed by atoms with Gasteiger partial charge in [0.1, 0.15) is 0 Å². The van der Waals surface area contributed by atoms with E-state index in [2.05, 4.69) is 12.2 Å². The SMILES string of the molecule is CCCCC([O-])=S.[K+]. The summed E-state index contributed by atoms with van der Waals surface area (Å²) < 4.78 is 0. The Balaban J connectivity index is 0. The molecule has 0 bridgehead atoms. The maximum Gasteiger partial charge on any atom is 1.00 e. The summed E-state index contributed by atoms with van der Waals surface area (Å²) in [6.07, 6.45) is 2.58. The summed E-state index contributed by atoms with van der Waals surface area (Å²) in [7, 11) is 0. The van der Waals surface area contributed by atoms with Crippen molar-refractivity contribution in [1.29, 1.82) is 0 Å². The molecule has 0 heterocycles. The van der Waals surface area contributed by atoms with Crippen molar-refractivity contribution < 1.29 is 56.5 Å². The van der Waals surface area contributed by atoms with Gasteiger partial charge in [-0.25, -0.2) is 0 Å². The first-order valence-corrected chi connectivity index (χ1v) is 2.88. The van der Waals surface area contributed by atoms with Gasteiger partial charge < -0.3 is 5.11 Å². The van der Waals surface area contributed by atoms with Crippen LogP contribution in [0.25, 0.3) is 0 Å². The van der Waals surface area contributed by atoms with Gasteiger partial charge in [-0.3, -0.25) is 0 Å². The molecule has 8 heavy (non-hydrogen) atoms. The molecule has 0 aromatic heterocycles. The van der Waals surface area contributed by atoms with Crippen molar-refractivity contribution >= 4 is 17.3 Å². The van der Waals surface area contributed by atoms with Gasteiger partial charge in [-0.05, 0) is 12.8 Å². The molecule has 0 saturated heterocycles. The van der Waals surface area contributed by atoms with E-state index >= 15 is 0 Å². The molecule has 1 nitrogen and oxygen atoms in total. The Kier molecular flexibility index (Phi) is 13.0. The van der Waals surface area contributed by atoms with Gasteiger partial charge in [0.2, 0.25) is 0 Å². The van der Waals surface area contributed by atoms with Crippen LogP contribution in [0.2, 0.25) is 0 Å². The predicted octanol–water partition coefficient (Wildman–Crippen LogP) is -2.13. The minimum atomic E-state index is -0.109. The van der Waals surface area contributed by atoms with E-state index in [0.717, 1.165) is 12.8 Å². The Morgan fingerprint density at radius 3 is 2.25 bits per heavy atom. The topological polar surface area (TPSA) is 23.1 Å². The third-order valence-electron chi connectivity index (χ3n) is 0.734. The molecule has 0 fully saturated rings. The zero-order valence-electron chi connectivity index (χ0n) is 5.44. The standard InChI is InChI=1S/C5H10OS.K/c1-2-3-4-5(6)7;/h2-4H2,1H3,(H,6,7);/q;+1/p-1. The molecule has 0 N–H and O–H groups in total. The molecule has 0 aliphatic carbocycles. The van der Waals surface area contributed by atoms with Gasteiger partial charge >= 0.3 is 51.4 Å². The fraction of sp³-hybridized carbons (Fsp3) is 0.800. The van der Waals surface area contributed by atoms with Crippen molar-refractivity contribution in [3.8, 4) is 0 Å². The fourth-order valence-corrected chi connectivity index (χ4v) is 0.465. The van der Waals surface area contributed by atoms with Crippen LogP contribution in [0.5, 0.6) is 0 Å². The summed E-state index contributed by atoms with van der Waals surface area (Å²) in [5.41, 5.74) is 0.